The van der Waals surface area contributed by atoms with Gasteiger partial charge in [0.15, 0.2) is 5.03 Å². The molecule has 2 aromatic rings. The molecule has 0 saturated carbocycles. The summed E-state index contributed by atoms with van der Waals surface area (Å²) in [5, 5.41) is -0.00354. The van der Waals surface area contributed by atoms with Crippen molar-refractivity contribution in [2.45, 2.75) is 25.4 Å². The van der Waals surface area contributed by atoms with E-state index in [0.717, 1.165) is 0 Å². The molecule has 0 bridgehead atoms. The van der Waals surface area contributed by atoms with Crippen LogP contribution in [0.2, 0.25) is 0 Å². The van der Waals surface area contributed by atoms with Crippen molar-refractivity contribution in [2.24, 2.45) is 0 Å². The summed E-state index contributed by atoms with van der Waals surface area (Å²) in [4.78, 5) is 3.89. The molecule has 0 aliphatic rings. The highest BCUT2D eigenvalue weighted by molar-refractivity contribution is 7.92. The maximum absolute atomic E-state index is 12.2. The third-order valence-corrected chi connectivity index (χ3v) is 4.12. The van der Waals surface area contributed by atoms with Crippen molar-refractivity contribution in [3.05, 3.63) is 36.3 Å². The summed E-state index contributed by atoms with van der Waals surface area (Å²) in [5.41, 5.74) is 7.45. The van der Waals surface area contributed by atoms with Crippen LogP contribution in [0.1, 0.15) is 12.5 Å². The minimum atomic E-state index is -3.68. The normalized spacial score (nSPS) is 11.5. The molecule has 0 unspecified atom stereocenters. The third-order valence-electron chi connectivity index (χ3n) is 2.87. The summed E-state index contributed by atoms with van der Waals surface area (Å²) < 4.78 is 28.5. The van der Waals surface area contributed by atoms with Crippen molar-refractivity contribution in [1.29, 1.82) is 0 Å². The number of nitrogens with zero attached hydrogens (tertiary/aromatic N) is 2. The smallest absolute Gasteiger partial charge is 0.280 e. The van der Waals surface area contributed by atoms with Crippen LogP contribution in [0.15, 0.2) is 35.7 Å². The lowest BCUT2D eigenvalue weighted by Gasteiger charge is -2.10. The standard InChI is InChI=1S/C12H16N4O2S/c1-3-16-7-12(14-8-16)19(17,18)15-11-6-4-5-10(13)9(11)2/h4-8,15H,3,13H2,1-2H3. The number of hydrogen-bond acceptors (Lipinski definition) is 4. The van der Waals surface area contributed by atoms with Crippen LogP contribution in [-0.2, 0) is 16.6 Å². The number of nitrogens with two attached hydrogens (primary N) is 1. The molecule has 0 fully saturated rings. The van der Waals surface area contributed by atoms with Crippen molar-refractivity contribution in [3.8, 4) is 0 Å². The second-order valence-corrected chi connectivity index (χ2v) is 5.80. The minimum Gasteiger partial charge on any atom is -0.398 e. The summed E-state index contributed by atoms with van der Waals surface area (Å²) in [5.74, 6) is 0. The lowest BCUT2D eigenvalue weighted by Crippen LogP contribution is -2.14. The van der Waals surface area contributed by atoms with Crippen LogP contribution in [0.5, 0.6) is 0 Å². The summed E-state index contributed by atoms with van der Waals surface area (Å²) in [7, 11) is -3.68. The molecule has 6 nitrogen and oxygen atoms in total. The van der Waals surface area contributed by atoms with Crippen LogP contribution >= 0.6 is 0 Å². The van der Waals surface area contributed by atoms with Gasteiger partial charge in [0.25, 0.3) is 10.0 Å². The van der Waals surface area contributed by atoms with Crippen molar-refractivity contribution in [2.75, 3.05) is 10.5 Å². The van der Waals surface area contributed by atoms with Crippen molar-refractivity contribution in [3.63, 3.8) is 0 Å². The second-order valence-electron chi connectivity index (χ2n) is 4.17. The molecule has 1 aromatic carbocycles. The summed E-state index contributed by atoms with van der Waals surface area (Å²) in [6.07, 6.45) is 2.98. The number of aromatic nitrogens is 2. The van der Waals surface area contributed by atoms with Gasteiger partial charge < -0.3 is 10.3 Å². The molecule has 1 aromatic heterocycles. The monoisotopic (exact) mass is 280 g/mol. The third kappa shape index (κ3) is 2.70. The maximum Gasteiger partial charge on any atom is 0.280 e. The fourth-order valence-corrected chi connectivity index (χ4v) is 2.69. The largest absolute Gasteiger partial charge is 0.398 e. The fraction of sp³-hybridized carbons (Fsp3) is 0.250. The van der Waals surface area contributed by atoms with Gasteiger partial charge in [-0.05, 0) is 31.5 Å². The molecular formula is C12H16N4O2S. The average Bonchev–Trinajstić information content (AvgIpc) is 2.84. The van der Waals surface area contributed by atoms with Crippen LogP contribution in [-0.4, -0.2) is 18.0 Å². The predicted molar refractivity (Wildman–Crippen MR) is 74.3 cm³/mol. The summed E-state index contributed by atoms with van der Waals surface area (Å²) >= 11 is 0. The first-order valence-corrected chi connectivity index (χ1v) is 7.32. The van der Waals surface area contributed by atoms with Gasteiger partial charge >= 0.3 is 0 Å². The minimum absolute atomic E-state index is 0.00354. The number of nitrogen functional groups attached to an aromatic ring is 1. The Bertz CT molecular complexity index is 692. The highest BCUT2D eigenvalue weighted by Gasteiger charge is 2.18. The van der Waals surface area contributed by atoms with E-state index in [1.807, 2.05) is 6.92 Å². The Morgan fingerprint density at radius 2 is 2.16 bits per heavy atom. The molecule has 0 spiro atoms. The van der Waals surface area contributed by atoms with Gasteiger partial charge in [0.05, 0.1) is 12.0 Å². The van der Waals surface area contributed by atoms with Gasteiger partial charge in [0.1, 0.15) is 0 Å². The predicted octanol–water partition coefficient (Wildman–Crippen LogP) is 1.59. The number of aryl methyl sites for hydroxylation is 1. The number of nitrogens with one attached hydrogen (secondary N) is 1. The molecule has 0 amide bonds. The molecule has 1 heterocycles. The van der Waals surface area contributed by atoms with E-state index in [0.29, 0.717) is 23.5 Å². The molecular weight excluding hydrogens is 264 g/mol. The lowest BCUT2D eigenvalue weighted by molar-refractivity contribution is 0.598. The first kappa shape index (κ1) is 13.4. The number of benzene rings is 1. The van der Waals surface area contributed by atoms with Gasteiger partial charge in [-0.2, -0.15) is 8.42 Å². The van der Waals surface area contributed by atoms with E-state index in [2.05, 4.69) is 9.71 Å². The quantitative estimate of drug-likeness (QED) is 0.832. The maximum atomic E-state index is 12.2. The van der Waals surface area contributed by atoms with E-state index < -0.39 is 10.0 Å². The number of rotatable bonds is 4. The molecule has 0 radical (unpaired) electrons. The Hall–Kier alpha value is -2.02. The molecule has 3 N–H and O–H groups in total. The van der Waals surface area contributed by atoms with Crippen LogP contribution in [0.25, 0.3) is 0 Å². The zero-order chi connectivity index (χ0) is 14.0. The fourth-order valence-electron chi connectivity index (χ4n) is 1.61. The summed E-state index contributed by atoms with van der Waals surface area (Å²) in [6.45, 7) is 4.34. The second kappa shape index (κ2) is 4.93. The van der Waals surface area contributed by atoms with Gasteiger partial charge in [-0.25, -0.2) is 4.98 Å². The zero-order valence-corrected chi connectivity index (χ0v) is 11.6. The van der Waals surface area contributed by atoms with Crippen LogP contribution in [0.4, 0.5) is 11.4 Å². The van der Waals surface area contributed by atoms with E-state index >= 15 is 0 Å². The van der Waals surface area contributed by atoms with Gasteiger partial charge in [-0.1, -0.05) is 6.07 Å². The van der Waals surface area contributed by atoms with Crippen LogP contribution in [0.3, 0.4) is 0 Å². The van der Waals surface area contributed by atoms with E-state index in [1.165, 1.54) is 12.5 Å². The first-order valence-electron chi connectivity index (χ1n) is 5.83. The van der Waals surface area contributed by atoms with E-state index in [1.54, 1.807) is 29.7 Å². The van der Waals surface area contributed by atoms with E-state index in [4.69, 9.17) is 5.73 Å². The highest BCUT2D eigenvalue weighted by atomic mass is 32.2. The lowest BCUT2D eigenvalue weighted by atomic mass is 10.2. The Morgan fingerprint density at radius 1 is 1.42 bits per heavy atom. The average molecular weight is 280 g/mol. The molecule has 0 aliphatic heterocycles. The van der Waals surface area contributed by atoms with Gasteiger partial charge in [-0.3, -0.25) is 4.72 Å². The molecule has 102 valence electrons. The van der Waals surface area contributed by atoms with Crippen molar-refractivity contribution in [1.82, 2.24) is 9.55 Å². The topological polar surface area (TPSA) is 90.0 Å². The number of sulfonamides is 1. The van der Waals surface area contributed by atoms with Crippen LogP contribution in [0, 0.1) is 6.92 Å². The van der Waals surface area contributed by atoms with Gasteiger partial charge in [0, 0.05) is 18.4 Å². The first-order chi connectivity index (χ1) is 8.94. The summed E-state index contributed by atoms with van der Waals surface area (Å²) in [6, 6.07) is 5.09. The number of imidazole rings is 1. The SMILES string of the molecule is CCn1cnc(S(=O)(=O)Nc2cccc(N)c2C)c1. The Balaban J connectivity index is 2.33. The van der Waals surface area contributed by atoms with Crippen molar-refractivity contribution >= 4 is 21.4 Å². The zero-order valence-electron chi connectivity index (χ0n) is 10.8. The van der Waals surface area contributed by atoms with E-state index in [-0.39, 0.29) is 5.03 Å². The van der Waals surface area contributed by atoms with Gasteiger partial charge in [0.2, 0.25) is 0 Å². The Morgan fingerprint density at radius 3 is 2.79 bits per heavy atom. The molecule has 2 rings (SSSR count). The molecule has 0 saturated heterocycles. The number of hydrogen-bond donors (Lipinski definition) is 2. The van der Waals surface area contributed by atoms with Crippen molar-refractivity contribution < 1.29 is 8.42 Å². The number of anilines is 2. The Kier molecular flexibility index (Phi) is 3.48. The van der Waals surface area contributed by atoms with Crippen LogP contribution < -0.4 is 10.5 Å². The molecule has 0 atom stereocenters. The molecule has 0 aliphatic carbocycles. The Labute approximate surface area is 112 Å². The highest BCUT2D eigenvalue weighted by Crippen LogP contribution is 2.23. The molecule has 19 heavy (non-hydrogen) atoms. The molecule has 7 heteroatoms. The van der Waals surface area contributed by atoms with Gasteiger partial charge in [-0.15, -0.1) is 0 Å². The van der Waals surface area contributed by atoms with E-state index in [9.17, 15) is 8.42 Å².